The van der Waals surface area contributed by atoms with Gasteiger partial charge in [-0.1, -0.05) is 13.8 Å². The van der Waals surface area contributed by atoms with Crippen molar-refractivity contribution in [2.75, 3.05) is 26.2 Å². The lowest BCUT2D eigenvalue weighted by molar-refractivity contribution is -0.773. The number of nitrogens with one attached hydrogen (secondary N) is 1. The number of hydrogen-bond acceptors (Lipinski definition) is 1. The standard InChI is InChI=1S/C11H20N2O/c1-9(2)7-13-8-10(13)11(14)12-5-3-4-6-12/h9-10H,3-8H2,1-2H3/p+1/t10-,13?/m1/s1. The number of likely N-dealkylation sites (tertiary alicyclic amines) is 1. The fourth-order valence-corrected chi connectivity index (χ4v) is 2.37. The third-order valence-electron chi connectivity index (χ3n) is 3.19. The van der Waals surface area contributed by atoms with Gasteiger partial charge in [0.1, 0.15) is 6.54 Å². The van der Waals surface area contributed by atoms with Gasteiger partial charge in [-0.3, -0.25) is 4.79 Å². The molecule has 0 bridgehead atoms. The minimum atomic E-state index is 0.315. The van der Waals surface area contributed by atoms with Crippen molar-refractivity contribution in [3.63, 3.8) is 0 Å². The van der Waals surface area contributed by atoms with Crippen LogP contribution in [0.5, 0.6) is 0 Å². The maximum absolute atomic E-state index is 11.9. The zero-order valence-corrected chi connectivity index (χ0v) is 9.25. The van der Waals surface area contributed by atoms with Crippen molar-refractivity contribution in [3.8, 4) is 0 Å². The van der Waals surface area contributed by atoms with Crippen molar-refractivity contribution in [3.05, 3.63) is 0 Å². The van der Waals surface area contributed by atoms with E-state index in [9.17, 15) is 4.79 Å². The Hall–Kier alpha value is -0.570. The lowest BCUT2D eigenvalue weighted by Crippen LogP contribution is -2.96. The average molecular weight is 197 g/mol. The third kappa shape index (κ3) is 2.08. The van der Waals surface area contributed by atoms with Crippen molar-refractivity contribution in [1.29, 1.82) is 0 Å². The molecule has 0 saturated carbocycles. The first kappa shape index (κ1) is 9.97. The number of amides is 1. The molecule has 1 amide bonds. The summed E-state index contributed by atoms with van der Waals surface area (Å²) in [4.78, 5) is 15.5. The van der Waals surface area contributed by atoms with Gasteiger partial charge in [0.15, 0.2) is 0 Å². The molecule has 3 heteroatoms. The zero-order valence-electron chi connectivity index (χ0n) is 9.25. The molecular weight excluding hydrogens is 176 g/mol. The van der Waals surface area contributed by atoms with Crippen LogP contribution in [0, 0.1) is 5.92 Å². The Bertz CT molecular complexity index is 221. The molecule has 0 aromatic heterocycles. The summed E-state index contributed by atoms with van der Waals surface area (Å²) >= 11 is 0. The van der Waals surface area contributed by atoms with Crippen molar-refractivity contribution in [1.82, 2.24) is 4.90 Å². The summed E-state index contributed by atoms with van der Waals surface area (Å²) in [7, 11) is 0. The number of hydrogen-bond donors (Lipinski definition) is 1. The molecule has 0 aromatic rings. The first-order chi connectivity index (χ1) is 6.68. The number of nitrogens with zero attached hydrogens (tertiary/aromatic N) is 1. The van der Waals surface area contributed by atoms with Crippen molar-refractivity contribution >= 4 is 5.91 Å². The van der Waals surface area contributed by atoms with E-state index in [1.54, 1.807) is 0 Å². The highest BCUT2D eigenvalue weighted by atomic mass is 16.2. The van der Waals surface area contributed by atoms with E-state index < -0.39 is 0 Å². The quantitative estimate of drug-likeness (QED) is 0.608. The largest absolute Gasteiger partial charge is 0.337 e. The smallest absolute Gasteiger partial charge is 0.286 e. The summed E-state index contributed by atoms with van der Waals surface area (Å²) in [5, 5.41) is 0. The lowest BCUT2D eigenvalue weighted by Gasteiger charge is -2.13. The van der Waals surface area contributed by atoms with Gasteiger partial charge < -0.3 is 9.80 Å². The highest BCUT2D eigenvalue weighted by Gasteiger charge is 2.48. The summed E-state index contributed by atoms with van der Waals surface area (Å²) in [6.45, 7) is 8.69. The molecule has 2 rings (SSSR count). The Balaban J connectivity index is 1.78. The van der Waals surface area contributed by atoms with Gasteiger partial charge in [-0.2, -0.15) is 0 Å². The maximum atomic E-state index is 11.9. The zero-order chi connectivity index (χ0) is 10.1. The molecule has 0 aromatic carbocycles. The van der Waals surface area contributed by atoms with Crippen LogP contribution in [0.3, 0.4) is 0 Å². The second kappa shape index (κ2) is 3.89. The van der Waals surface area contributed by atoms with Crippen molar-refractivity contribution in [2.45, 2.75) is 32.7 Å². The van der Waals surface area contributed by atoms with E-state index >= 15 is 0 Å². The van der Waals surface area contributed by atoms with E-state index in [4.69, 9.17) is 0 Å². The van der Waals surface area contributed by atoms with Crippen LogP contribution in [0.25, 0.3) is 0 Å². The van der Waals surface area contributed by atoms with Crippen LogP contribution < -0.4 is 4.90 Å². The van der Waals surface area contributed by atoms with Crippen molar-refractivity contribution in [2.24, 2.45) is 5.92 Å². The molecule has 2 heterocycles. The summed E-state index contributed by atoms with van der Waals surface area (Å²) < 4.78 is 0. The summed E-state index contributed by atoms with van der Waals surface area (Å²) in [6.07, 6.45) is 2.41. The summed E-state index contributed by atoms with van der Waals surface area (Å²) in [6, 6.07) is 0.315. The number of quaternary nitrogens is 1. The molecule has 2 atom stereocenters. The molecule has 80 valence electrons. The van der Waals surface area contributed by atoms with Gasteiger partial charge in [-0.05, 0) is 12.8 Å². The fourth-order valence-electron chi connectivity index (χ4n) is 2.37. The Morgan fingerprint density at radius 1 is 1.43 bits per heavy atom. The van der Waals surface area contributed by atoms with E-state index in [0.717, 1.165) is 26.2 Å². The van der Waals surface area contributed by atoms with Gasteiger partial charge in [0.25, 0.3) is 5.91 Å². The Morgan fingerprint density at radius 2 is 2.07 bits per heavy atom. The minimum Gasteiger partial charge on any atom is -0.337 e. The van der Waals surface area contributed by atoms with Gasteiger partial charge in [0, 0.05) is 19.0 Å². The predicted octanol–water partition coefficient (Wildman–Crippen LogP) is -0.468. The number of rotatable bonds is 3. The molecule has 0 aliphatic carbocycles. The maximum Gasteiger partial charge on any atom is 0.286 e. The molecule has 2 saturated heterocycles. The second-order valence-corrected chi connectivity index (χ2v) is 5.05. The van der Waals surface area contributed by atoms with Crippen LogP contribution in [0.1, 0.15) is 26.7 Å². The summed E-state index contributed by atoms with van der Waals surface area (Å²) in [5.74, 6) is 1.12. The van der Waals surface area contributed by atoms with Crippen LogP contribution in [0.15, 0.2) is 0 Å². The molecule has 1 unspecified atom stereocenters. The molecular formula is C11H21N2O+. The molecule has 14 heavy (non-hydrogen) atoms. The predicted molar refractivity (Wildman–Crippen MR) is 55.1 cm³/mol. The SMILES string of the molecule is CC(C)C[NH+]1C[C@@H]1C(=O)N1CCCC1. The van der Waals surface area contributed by atoms with E-state index in [-0.39, 0.29) is 0 Å². The number of carbonyl (C=O) groups excluding carboxylic acids is 1. The van der Waals surface area contributed by atoms with Gasteiger partial charge in [-0.25, -0.2) is 0 Å². The van der Waals surface area contributed by atoms with Crippen LogP contribution in [-0.4, -0.2) is 43.0 Å². The molecule has 2 aliphatic heterocycles. The van der Waals surface area contributed by atoms with Crippen LogP contribution >= 0.6 is 0 Å². The van der Waals surface area contributed by atoms with Crippen LogP contribution in [0.4, 0.5) is 0 Å². The van der Waals surface area contributed by atoms with Gasteiger partial charge in [0.05, 0.1) is 6.54 Å². The number of carbonyl (C=O) groups is 1. The van der Waals surface area contributed by atoms with Crippen LogP contribution in [-0.2, 0) is 4.79 Å². The Morgan fingerprint density at radius 3 is 2.64 bits per heavy atom. The highest BCUT2D eigenvalue weighted by Crippen LogP contribution is 2.10. The molecule has 3 nitrogen and oxygen atoms in total. The van der Waals surface area contributed by atoms with E-state index in [2.05, 4.69) is 18.7 Å². The first-order valence-corrected chi connectivity index (χ1v) is 5.82. The van der Waals surface area contributed by atoms with Crippen molar-refractivity contribution < 1.29 is 9.69 Å². The molecule has 1 N–H and O–H groups in total. The van der Waals surface area contributed by atoms with E-state index in [1.165, 1.54) is 17.7 Å². The van der Waals surface area contributed by atoms with Gasteiger partial charge in [0.2, 0.25) is 6.04 Å². The Kier molecular flexibility index (Phi) is 2.77. The second-order valence-electron chi connectivity index (χ2n) is 5.05. The van der Waals surface area contributed by atoms with Gasteiger partial charge in [-0.15, -0.1) is 0 Å². The van der Waals surface area contributed by atoms with E-state index in [0.29, 0.717) is 17.9 Å². The summed E-state index contributed by atoms with van der Waals surface area (Å²) in [5.41, 5.74) is 0. The minimum absolute atomic E-state index is 0.315. The van der Waals surface area contributed by atoms with E-state index in [1.807, 2.05) is 0 Å². The molecule has 0 radical (unpaired) electrons. The van der Waals surface area contributed by atoms with Crippen LogP contribution in [0.2, 0.25) is 0 Å². The third-order valence-corrected chi connectivity index (χ3v) is 3.19. The fraction of sp³-hybridized carbons (Fsp3) is 0.909. The first-order valence-electron chi connectivity index (χ1n) is 5.82. The highest BCUT2D eigenvalue weighted by molar-refractivity contribution is 5.82. The Labute approximate surface area is 86.1 Å². The topological polar surface area (TPSA) is 24.8 Å². The lowest BCUT2D eigenvalue weighted by atomic mass is 10.2. The normalized spacial score (nSPS) is 31.2. The van der Waals surface area contributed by atoms with Gasteiger partial charge >= 0.3 is 0 Å². The molecule has 2 aliphatic rings. The average Bonchev–Trinajstić information content (AvgIpc) is 2.67. The monoisotopic (exact) mass is 197 g/mol. The molecule has 2 fully saturated rings. The molecule has 0 spiro atoms.